The first-order valence-corrected chi connectivity index (χ1v) is 11.6. The minimum atomic E-state index is 0.0499. The van der Waals surface area contributed by atoms with Crippen LogP contribution in [0.1, 0.15) is 26.2 Å². The lowest BCUT2D eigenvalue weighted by Gasteiger charge is -2.36. The van der Waals surface area contributed by atoms with Gasteiger partial charge in [-0.2, -0.15) is 0 Å². The van der Waals surface area contributed by atoms with E-state index < -0.39 is 0 Å². The number of para-hydroxylation sites is 2. The summed E-state index contributed by atoms with van der Waals surface area (Å²) in [6, 6.07) is 16.5. The number of carbonyl (C=O) groups excluding carboxylic acids is 1. The van der Waals surface area contributed by atoms with Crippen molar-refractivity contribution in [3.63, 3.8) is 0 Å². The van der Waals surface area contributed by atoms with Crippen LogP contribution in [0.3, 0.4) is 0 Å². The molecule has 31 heavy (non-hydrogen) atoms. The summed E-state index contributed by atoms with van der Waals surface area (Å²) < 4.78 is 5.77. The Kier molecular flexibility index (Phi) is 7.30. The first-order chi connectivity index (χ1) is 15.2. The number of nitrogens with zero attached hydrogens (tertiary/aromatic N) is 3. The normalized spacial score (nSPS) is 17.5. The number of hydrogen-bond donors (Lipinski definition) is 1. The first-order valence-electron chi connectivity index (χ1n) is 11.6. The number of rotatable bonds is 7. The molecule has 1 amide bonds. The lowest BCUT2D eigenvalue weighted by molar-refractivity contribution is -0.117. The Morgan fingerprint density at radius 1 is 0.871 bits per heavy atom. The Labute approximate surface area is 185 Å². The van der Waals surface area contributed by atoms with Gasteiger partial charge in [0.05, 0.1) is 18.8 Å². The van der Waals surface area contributed by atoms with Crippen LogP contribution in [0.2, 0.25) is 0 Å². The van der Waals surface area contributed by atoms with Crippen LogP contribution < -0.4 is 19.9 Å². The number of benzene rings is 2. The molecule has 4 rings (SSSR count). The number of piperazine rings is 1. The molecule has 0 aliphatic carbocycles. The summed E-state index contributed by atoms with van der Waals surface area (Å²) in [5.74, 6) is 0.984. The van der Waals surface area contributed by atoms with E-state index in [1.54, 1.807) is 0 Å². The maximum atomic E-state index is 12.6. The highest BCUT2D eigenvalue weighted by atomic mass is 16.5. The highest BCUT2D eigenvalue weighted by Crippen LogP contribution is 2.29. The van der Waals surface area contributed by atoms with E-state index in [0.29, 0.717) is 13.2 Å². The summed E-state index contributed by atoms with van der Waals surface area (Å²) >= 11 is 0. The predicted molar refractivity (Wildman–Crippen MR) is 127 cm³/mol. The van der Waals surface area contributed by atoms with Crippen molar-refractivity contribution in [1.82, 2.24) is 4.90 Å². The number of anilines is 3. The maximum Gasteiger partial charge on any atom is 0.238 e. The molecule has 0 spiro atoms. The van der Waals surface area contributed by atoms with Crippen molar-refractivity contribution in [2.75, 3.05) is 67.5 Å². The van der Waals surface area contributed by atoms with Crippen molar-refractivity contribution < 1.29 is 9.53 Å². The third-order valence-corrected chi connectivity index (χ3v) is 6.12. The van der Waals surface area contributed by atoms with Crippen LogP contribution >= 0.6 is 0 Å². The average Bonchev–Trinajstić information content (AvgIpc) is 2.81. The van der Waals surface area contributed by atoms with Crippen LogP contribution in [0.25, 0.3) is 0 Å². The molecule has 2 aromatic rings. The first kappa shape index (κ1) is 21.5. The van der Waals surface area contributed by atoms with E-state index in [2.05, 4.69) is 38.2 Å². The van der Waals surface area contributed by atoms with Crippen molar-refractivity contribution >= 4 is 23.0 Å². The Morgan fingerprint density at radius 3 is 2.29 bits per heavy atom. The second-order valence-electron chi connectivity index (χ2n) is 8.31. The van der Waals surface area contributed by atoms with Gasteiger partial charge in [0.2, 0.25) is 5.91 Å². The lowest BCUT2D eigenvalue weighted by atomic mass is 10.1. The molecule has 0 atom stereocenters. The number of carbonyl (C=O) groups is 1. The summed E-state index contributed by atoms with van der Waals surface area (Å²) in [4.78, 5) is 19.6. The molecule has 166 valence electrons. The molecule has 2 aromatic carbocycles. The van der Waals surface area contributed by atoms with Gasteiger partial charge in [0.1, 0.15) is 5.75 Å². The molecule has 6 nitrogen and oxygen atoms in total. The number of piperidine rings is 1. The van der Waals surface area contributed by atoms with Gasteiger partial charge in [0.15, 0.2) is 0 Å². The second-order valence-corrected chi connectivity index (χ2v) is 8.31. The van der Waals surface area contributed by atoms with Crippen molar-refractivity contribution in [3.05, 3.63) is 48.5 Å². The van der Waals surface area contributed by atoms with E-state index in [-0.39, 0.29) is 5.91 Å². The summed E-state index contributed by atoms with van der Waals surface area (Å²) in [6.07, 6.45) is 3.86. The molecule has 2 fully saturated rings. The zero-order valence-corrected chi connectivity index (χ0v) is 18.6. The Hall–Kier alpha value is -2.73. The van der Waals surface area contributed by atoms with Gasteiger partial charge in [-0.3, -0.25) is 9.69 Å². The number of hydrogen-bond acceptors (Lipinski definition) is 5. The molecular formula is C25H34N4O2. The second kappa shape index (κ2) is 10.5. The summed E-state index contributed by atoms with van der Waals surface area (Å²) in [5.41, 5.74) is 3.26. The van der Waals surface area contributed by atoms with E-state index in [0.717, 1.165) is 56.4 Å². The fraction of sp³-hybridized carbons (Fsp3) is 0.480. The topological polar surface area (TPSA) is 48.1 Å². The molecule has 1 N–H and O–H groups in total. The maximum absolute atomic E-state index is 12.6. The van der Waals surface area contributed by atoms with Gasteiger partial charge in [0.25, 0.3) is 0 Å². The van der Waals surface area contributed by atoms with Gasteiger partial charge >= 0.3 is 0 Å². The molecule has 0 unspecified atom stereocenters. The highest BCUT2D eigenvalue weighted by Gasteiger charge is 2.21. The van der Waals surface area contributed by atoms with Crippen molar-refractivity contribution in [1.29, 1.82) is 0 Å². The Balaban J connectivity index is 1.25. The smallest absolute Gasteiger partial charge is 0.238 e. The summed E-state index contributed by atoms with van der Waals surface area (Å²) in [5, 5.41) is 3.06. The van der Waals surface area contributed by atoms with Gasteiger partial charge in [-0.05, 0) is 62.6 Å². The zero-order chi connectivity index (χ0) is 21.5. The fourth-order valence-corrected chi connectivity index (χ4v) is 4.45. The van der Waals surface area contributed by atoms with Crippen LogP contribution in [0, 0.1) is 0 Å². The van der Waals surface area contributed by atoms with E-state index in [1.165, 1.54) is 24.9 Å². The molecule has 0 radical (unpaired) electrons. The van der Waals surface area contributed by atoms with E-state index in [1.807, 2.05) is 37.3 Å². The molecule has 0 bridgehead atoms. The van der Waals surface area contributed by atoms with Crippen LogP contribution in [0.5, 0.6) is 5.75 Å². The molecule has 2 saturated heterocycles. The molecular weight excluding hydrogens is 388 g/mol. The Morgan fingerprint density at radius 2 is 1.58 bits per heavy atom. The predicted octanol–water partition coefficient (Wildman–Crippen LogP) is 3.84. The standard InChI is InChI=1S/C25H34N4O2/c1-2-31-24-9-5-4-8-23(24)29-18-16-27(17-19-29)20-25(30)26-21-10-12-22(13-11-21)28-14-6-3-7-15-28/h4-5,8-13H,2-3,6-7,14-20H2,1H3,(H,26,30). The van der Waals surface area contributed by atoms with Gasteiger partial charge in [0, 0.05) is 50.6 Å². The van der Waals surface area contributed by atoms with Crippen molar-refractivity contribution in [2.45, 2.75) is 26.2 Å². The van der Waals surface area contributed by atoms with Crippen molar-refractivity contribution in [2.24, 2.45) is 0 Å². The molecule has 6 heteroatoms. The lowest BCUT2D eigenvalue weighted by Crippen LogP contribution is -2.48. The quantitative estimate of drug-likeness (QED) is 0.735. The largest absolute Gasteiger partial charge is 0.492 e. The molecule has 2 aliphatic heterocycles. The van der Waals surface area contributed by atoms with E-state index in [9.17, 15) is 4.79 Å². The third-order valence-electron chi connectivity index (χ3n) is 6.12. The van der Waals surface area contributed by atoms with E-state index in [4.69, 9.17) is 4.74 Å². The number of amides is 1. The fourth-order valence-electron chi connectivity index (χ4n) is 4.45. The monoisotopic (exact) mass is 422 g/mol. The van der Waals surface area contributed by atoms with Crippen molar-refractivity contribution in [3.8, 4) is 5.75 Å². The molecule has 2 heterocycles. The minimum absolute atomic E-state index is 0.0499. The van der Waals surface area contributed by atoms with Crippen LogP contribution in [-0.2, 0) is 4.79 Å². The molecule has 0 saturated carbocycles. The summed E-state index contributed by atoms with van der Waals surface area (Å²) in [6.45, 7) is 8.87. The van der Waals surface area contributed by atoms with Gasteiger partial charge in [-0.25, -0.2) is 0 Å². The average molecular weight is 423 g/mol. The Bertz CT molecular complexity index is 841. The highest BCUT2D eigenvalue weighted by molar-refractivity contribution is 5.92. The SMILES string of the molecule is CCOc1ccccc1N1CCN(CC(=O)Nc2ccc(N3CCCCC3)cc2)CC1. The number of ether oxygens (including phenoxy) is 1. The zero-order valence-electron chi connectivity index (χ0n) is 18.6. The van der Waals surface area contributed by atoms with Crippen LogP contribution in [0.15, 0.2) is 48.5 Å². The van der Waals surface area contributed by atoms with Gasteiger partial charge < -0.3 is 19.9 Å². The van der Waals surface area contributed by atoms with Crippen LogP contribution in [-0.4, -0.2) is 63.2 Å². The van der Waals surface area contributed by atoms with E-state index >= 15 is 0 Å². The minimum Gasteiger partial charge on any atom is -0.492 e. The van der Waals surface area contributed by atoms with Gasteiger partial charge in [-0.15, -0.1) is 0 Å². The third kappa shape index (κ3) is 5.70. The molecule has 2 aliphatic rings. The number of nitrogens with one attached hydrogen (secondary N) is 1. The van der Waals surface area contributed by atoms with Crippen LogP contribution in [0.4, 0.5) is 17.1 Å². The molecule has 0 aromatic heterocycles. The summed E-state index contributed by atoms with van der Waals surface area (Å²) in [7, 11) is 0. The van der Waals surface area contributed by atoms with Gasteiger partial charge in [-0.1, -0.05) is 12.1 Å².